The van der Waals surface area contributed by atoms with E-state index < -0.39 is 10.1 Å². The van der Waals surface area contributed by atoms with Gasteiger partial charge < -0.3 is 8.92 Å². The SMILES string of the molecule is COc1cc(C=Nc2ccc(C)c(Cl)c2)cc(Cl)c1OS(=O)(=O)c1ccc(Cl)cc1. The van der Waals surface area contributed by atoms with E-state index in [1.54, 1.807) is 18.3 Å². The second kappa shape index (κ2) is 9.27. The monoisotopic (exact) mass is 483 g/mol. The maximum Gasteiger partial charge on any atom is 0.339 e. The number of aryl methyl sites for hydroxylation is 1. The summed E-state index contributed by atoms with van der Waals surface area (Å²) in [5, 5.41) is 1.06. The summed E-state index contributed by atoms with van der Waals surface area (Å²) in [6.45, 7) is 1.90. The molecular weight excluding hydrogens is 469 g/mol. The molecule has 5 nitrogen and oxygen atoms in total. The van der Waals surface area contributed by atoms with Gasteiger partial charge in [0.2, 0.25) is 5.75 Å². The van der Waals surface area contributed by atoms with Gasteiger partial charge in [-0.25, -0.2) is 0 Å². The molecule has 156 valence electrons. The molecular formula is C21H16Cl3NO4S. The Bertz CT molecular complexity index is 1210. The lowest BCUT2D eigenvalue weighted by molar-refractivity contribution is 0.390. The highest BCUT2D eigenvalue weighted by Crippen LogP contribution is 2.38. The van der Waals surface area contributed by atoms with Gasteiger partial charge in [-0.05, 0) is 66.6 Å². The first-order valence-corrected chi connectivity index (χ1v) is 11.1. The minimum atomic E-state index is -4.13. The van der Waals surface area contributed by atoms with Gasteiger partial charge >= 0.3 is 10.1 Å². The first-order chi connectivity index (χ1) is 14.2. The topological polar surface area (TPSA) is 65.0 Å². The minimum absolute atomic E-state index is 0.0512. The van der Waals surface area contributed by atoms with E-state index in [2.05, 4.69) is 4.99 Å². The lowest BCUT2D eigenvalue weighted by Gasteiger charge is -2.13. The predicted molar refractivity (Wildman–Crippen MR) is 121 cm³/mol. The van der Waals surface area contributed by atoms with Crippen molar-refractivity contribution in [3.8, 4) is 11.5 Å². The number of benzene rings is 3. The van der Waals surface area contributed by atoms with E-state index in [1.807, 2.05) is 19.1 Å². The van der Waals surface area contributed by atoms with Crippen molar-refractivity contribution < 1.29 is 17.3 Å². The summed E-state index contributed by atoms with van der Waals surface area (Å²) in [5.74, 6) is 0.0214. The molecule has 9 heteroatoms. The summed E-state index contributed by atoms with van der Waals surface area (Å²) < 4.78 is 35.7. The third-order valence-corrected chi connectivity index (χ3v) is 6.24. The van der Waals surface area contributed by atoms with Crippen LogP contribution in [0.3, 0.4) is 0 Å². The average molecular weight is 485 g/mol. The van der Waals surface area contributed by atoms with E-state index in [9.17, 15) is 8.42 Å². The summed E-state index contributed by atoms with van der Waals surface area (Å²) in [4.78, 5) is 4.30. The van der Waals surface area contributed by atoms with Crippen LogP contribution in [0.4, 0.5) is 5.69 Å². The highest BCUT2D eigenvalue weighted by atomic mass is 35.5. The van der Waals surface area contributed by atoms with E-state index >= 15 is 0 Å². The first kappa shape index (κ1) is 22.4. The zero-order valence-electron chi connectivity index (χ0n) is 15.9. The van der Waals surface area contributed by atoms with Crippen molar-refractivity contribution in [3.63, 3.8) is 0 Å². The van der Waals surface area contributed by atoms with E-state index in [4.69, 9.17) is 43.7 Å². The summed E-state index contributed by atoms with van der Waals surface area (Å²) in [7, 11) is -2.75. The second-order valence-corrected chi connectivity index (χ2v) is 9.01. The Morgan fingerprint density at radius 1 is 0.933 bits per heavy atom. The number of hydrogen-bond donors (Lipinski definition) is 0. The van der Waals surface area contributed by atoms with Crippen LogP contribution in [-0.2, 0) is 10.1 Å². The summed E-state index contributed by atoms with van der Waals surface area (Å²) in [5.41, 5.74) is 2.19. The third kappa shape index (κ3) is 5.26. The smallest absolute Gasteiger partial charge is 0.339 e. The number of rotatable bonds is 6. The summed E-state index contributed by atoms with van der Waals surface area (Å²) in [6, 6.07) is 14.1. The maximum absolute atomic E-state index is 12.6. The fourth-order valence-electron chi connectivity index (χ4n) is 2.47. The molecule has 3 rings (SSSR count). The molecule has 30 heavy (non-hydrogen) atoms. The Labute approximate surface area is 190 Å². The molecule has 0 saturated heterocycles. The molecule has 0 atom stereocenters. The molecule has 0 saturated carbocycles. The summed E-state index contributed by atoms with van der Waals surface area (Å²) in [6.07, 6.45) is 1.56. The Morgan fingerprint density at radius 2 is 1.63 bits per heavy atom. The Morgan fingerprint density at radius 3 is 2.27 bits per heavy atom. The van der Waals surface area contributed by atoms with Gasteiger partial charge in [0.05, 0.1) is 17.8 Å². The standard InChI is InChI=1S/C21H16Cl3NO4S/c1-13-3-6-16(11-18(13)23)25-12-14-9-19(24)21(20(10-14)28-2)29-30(26,27)17-7-4-15(22)5-8-17/h3-12H,1-2H3. The predicted octanol–water partition coefficient (Wildman–Crippen LogP) is 6.48. The van der Waals surface area contributed by atoms with Gasteiger partial charge in [0.25, 0.3) is 0 Å². The van der Waals surface area contributed by atoms with Crippen LogP contribution in [0.5, 0.6) is 11.5 Å². The zero-order chi connectivity index (χ0) is 21.9. The molecule has 0 heterocycles. The summed E-state index contributed by atoms with van der Waals surface area (Å²) >= 11 is 18.2. The van der Waals surface area contributed by atoms with Crippen molar-refractivity contribution in [2.75, 3.05) is 7.11 Å². The van der Waals surface area contributed by atoms with Crippen LogP contribution in [0.1, 0.15) is 11.1 Å². The molecule has 0 aliphatic rings. The number of ether oxygens (including phenoxy) is 1. The van der Waals surface area contributed by atoms with E-state index in [0.29, 0.717) is 21.3 Å². The minimum Gasteiger partial charge on any atom is -0.493 e. The molecule has 0 aromatic heterocycles. The van der Waals surface area contributed by atoms with Crippen LogP contribution in [0.25, 0.3) is 0 Å². The average Bonchev–Trinajstić information content (AvgIpc) is 2.70. The molecule has 0 aliphatic carbocycles. The van der Waals surface area contributed by atoms with Crippen molar-refractivity contribution in [2.45, 2.75) is 11.8 Å². The van der Waals surface area contributed by atoms with Gasteiger partial charge in [-0.3, -0.25) is 4.99 Å². The van der Waals surface area contributed by atoms with Crippen LogP contribution in [0.2, 0.25) is 15.1 Å². The molecule has 0 fully saturated rings. The second-order valence-electron chi connectivity index (χ2n) is 6.22. The fraction of sp³-hybridized carbons (Fsp3) is 0.0952. The normalized spacial score (nSPS) is 11.6. The largest absolute Gasteiger partial charge is 0.493 e. The molecule has 0 spiro atoms. The van der Waals surface area contributed by atoms with Crippen LogP contribution in [-0.4, -0.2) is 21.7 Å². The number of methoxy groups -OCH3 is 1. The van der Waals surface area contributed by atoms with Crippen molar-refractivity contribution in [2.24, 2.45) is 4.99 Å². The van der Waals surface area contributed by atoms with Crippen molar-refractivity contribution >= 4 is 56.8 Å². The van der Waals surface area contributed by atoms with Gasteiger partial charge in [0.15, 0.2) is 5.75 Å². The molecule has 0 amide bonds. The zero-order valence-corrected chi connectivity index (χ0v) is 19.0. The first-order valence-electron chi connectivity index (χ1n) is 8.57. The Balaban J connectivity index is 1.91. The number of hydrogen-bond acceptors (Lipinski definition) is 5. The quantitative estimate of drug-likeness (QED) is 0.296. The Hall–Kier alpha value is -2.25. The van der Waals surface area contributed by atoms with Crippen LogP contribution >= 0.6 is 34.8 Å². The lowest BCUT2D eigenvalue weighted by atomic mass is 10.2. The molecule has 0 unspecified atom stereocenters. The molecule has 0 radical (unpaired) electrons. The van der Waals surface area contributed by atoms with E-state index in [1.165, 1.54) is 37.4 Å². The van der Waals surface area contributed by atoms with Gasteiger partial charge in [-0.1, -0.05) is 40.9 Å². The fourth-order valence-corrected chi connectivity index (χ4v) is 4.03. The van der Waals surface area contributed by atoms with Gasteiger partial charge in [0, 0.05) is 16.3 Å². The molecule has 3 aromatic rings. The maximum atomic E-state index is 12.6. The van der Waals surface area contributed by atoms with Gasteiger partial charge in [0.1, 0.15) is 4.90 Å². The molecule has 0 N–H and O–H groups in total. The van der Waals surface area contributed by atoms with Crippen LogP contribution < -0.4 is 8.92 Å². The van der Waals surface area contributed by atoms with Crippen LogP contribution in [0.15, 0.2) is 64.5 Å². The molecule has 0 bridgehead atoms. The Kier molecular flexibility index (Phi) is 6.93. The van der Waals surface area contributed by atoms with Crippen molar-refractivity contribution in [1.82, 2.24) is 0 Å². The van der Waals surface area contributed by atoms with Gasteiger partial charge in [-0.15, -0.1) is 0 Å². The lowest BCUT2D eigenvalue weighted by Crippen LogP contribution is -2.11. The van der Waals surface area contributed by atoms with Gasteiger partial charge in [-0.2, -0.15) is 8.42 Å². The number of nitrogens with zero attached hydrogens (tertiary/aromatic N) is 1. The highest BCUT2D eigenvalue weighted by Gasteiger charge is 2.22. The van der Waals surface area contributed by atoms with Crippen LogP contribution in [0, 0.1) is 6.92 Å². The van der Waals surface area contributed by atoms with E-state index in [0.717, 1.165) is 5.56 Å². The highest BCUT2D eigenvalue weighted by molar-refractivity contribution is 7.87. The van der Waals surface area contributed by atoms with E-state index in [-0.39, 0.29) is 21.4 Å². The number of halogens is 3. The molecule has 0 aliphatic heterocycles. The third-order valence-electron chi connectivity index (χ3n) is 4.07. The van der Waals surface area contributed by atoms with Crippen molar-refractivity contribution in [1.29, 1.82) is 0 Å². The molecule has 3 aromatic carbocycles. The number of aliphatic imine (C=N–C) groups is 1. The van der Waals surface area contributed by atoms with Crippen molar-refractivity contribution in [3.05, 3.63) is 80.8 Å².